The van der Waals surface area contributed by atoms with Gasteiger partial charge in [-0.3, -0.25) is 14.3 Å². The van der Waals surface area contributed by atoms with Crippen molar-refractivity contribution in [3.05, 3.63) is 12.2 Å². The van der Waals surface area contributed by atoms with Crippen LogP contribution in [0.3, 0.4) is 0 Å². The van der Waals surface area contributed by atoms with Crippen LogP contribution in [0.1, 0.15) is 71.1 Å². The second kappa shape index (κ2) is 18.1. The zero-order valence-corrected chi connectivity index (χ0v) is 22.7. The number of ketones is 1. The number of β-amino-alcohol motifs (C(OH)–C–C–N with tert-alkyl or cyclic N) is 2. The number of carbonyl (C=O) groups is 1. The third kappa shape index (κ3) is 14.1. The van der Waals surface area contributed by atoms with E-state index in [-0.39, 0.29) is 48.5 Å². The van der Waals surface area contributed by atoms with E-state index >= 15 is 0 Å². The summed E-state index contributed by atoms with van der Waals surface area (Å²) in [5.74, 6) is -0.558. The molecule has 0 bridgehead atoms. The van der Waals surface area contributed by atoms with Crippen LogP contribution in [0.5, 0.6) is 0 Å². The predicted octanol–water partition coefficient (Wildman–Crippen LogP) is -1.34. The number of hydrogen-bond donors (Lipinski definition) is 2. The molecule has 0 aromatic rings. The van der Waals surface area contributed by atoms with E-state index in [4.69, 9.17) is 0 Å². The molecule has 0 fully saturated rings. The molecule has 0 saturated heterocycles. The summed E-state index contributed by atoms with van der Waals surface area (Å²) in [5.41, 5.74) is 0. The van der Waals surface area contributed by atoms with Gasteiger partial charge in [-0.25, -0.2) is 8.42 Å². The largest absolute Gasteiger partial charge is 1.00 e. The third-order valence-corrected chi connectivity index (χ3v) is 6.14. The molecule has 1 aliphatic rings. The second-order valence-electron chi connectivity index (χ2n) is 8.20. The Morgan fingerprint density at radius 3 is 2.38 bits per heavy atom. The molecule has 10 heteroatoms. The fourth-order valence-corrected chi connectivity index (χ4v) is 4.40. The topological polar surface area (TPSA) is 121 Å². The van der Waals surface area contributed by atoms with Crippen molar-refractivity contribution in [1.29, 1.82) is 0 Å². The van der Waals surface area contributed by atoms with E-state index in [9.17, 15) is 28.0 Å². The van der Waals surface area contributed by atoms with Crippen LogP contribution in [-0.4, -0.2) is 88.9 Å². The third-order valence-electron chi connectivity index (χ3n) is 5.35. The Labute approximate surface area is 215 Å². The Kier molecular flexibility index (Phi) is 17.9. The van der Waals surface area contributed by atoms with Gasteiger partial charge >= 0.3 is 35.4 Å². The number of unbranched alkanes of at least 4 members (excludes halogenated alkanes) is 7. The molecule has 180 valence electrons. The van der Waals surface area contributed by atoms with E-state index in [1.807, 2.05) is 0 Å². The molecule has 0 aliphatic carbocycles. The van der Waals surface area contributed by atoms with Crippen molar-refractivity contribution in [2.24, 2.45) is 0 Å². The smallest absolute Gasteiger partial charge is 0.748 e. The number of nitrogens with zero attached hydrogens (tertiary/aromatic N) is 2. The maximum Gasteiger partial charge on any atom is 1.00 e. The quantitative estimate of drug-likeness (QED) is 0.0814. The summed E-state index contributed by atoms with van der Waals surface area (Å²) < 4.78 is 34.2. The molecular weight excluding hydrogens is 443 g/mol. The first-order valence-corrected chi connectivity index (χ1v) is 13.1. The Morgan fingerprint density at radius 2 is 1.78 bits per heavy atom. The zero-order chi connectivity index (χ0) is 23.1. The first kappa shape index (κ1) is 31.7. The number of carbonyl (C=O) groups excluding carboxylic acids is 1. The van der Waals surface area contributed by atoms with Crippen LogP contribution in [0.2, 0.25) is 0 Å². The number of Topliss-reactive ketones (excluding diaryl/α,β-unsaturated/α-hetero) is 1. The molecule has 0 radical (unpaired) electrons. The fraction of sp³-hybridized carbons (Fsp3) is 0.818. The second-order valence-corrected chi connectivity index (χ2v) is 9.65. The van der Waals surface area contributed by atoms with Crippen LogP contribution in [0.25, 0.3) is 0 Å². The molecule has 1 heterocycles. The minimum absolute atomic E-state index is 0. The summed E-state index contributed by atoms with van der Waals surface area (Å²) >= 11 is 0. The van der Waals surface area contributed by atoms with Gasteiger partial charge in [-0.2, -0.15) is 0 Å². The van der Waals surface area contributed by atoms with Crippen LogP contribution in [0.4, 0.5) is 0 Å². The Balaban J connectivity index is 0.00000961. The van der Waals surface area contributed by atoms with Crippen LogP contribution in [0.15, 0.2) is 12.2 Å². The standard InChI is InChI=1S/C22H40N2O6S.Na/c1-2-3-4-5-6-7-8-9-10-11-12-13-21(27)22-23(16-17-25)14-15-24(22)18-20(26)19-31(28,29)30;/h8-9,20,25-26H,2-7,10-19H2,1H3;/q;+1/b9-8+;. The summed E-state index contributed by atoms with van der Waals surface area (Å²) in [6.45, 7) is 3.27. The van der Waals surface area contributed by atoms with Crippen molar-refractivity contribution in [1.82, 2.24) is 4.90 Å². The monoisotopic (exact) mass is 483 g/mol. The van der Waals surface area contributed by atoms with Crippen LogP contribution in [0, 0.1) is 0 Å². The van der Waals surface area contributed by atoms with E-state index in [0.717, 1.165) is 25.7 Å². The maximum atomic E-state index is 12.8. The molecule has 8 nitrogen and oxygen atoms in total. The molecule has 0 aromatic carbocycles. The van der Waals surface area contributed by atoms with Crippen LogP contribution in [-0.2, 0) is 14.9 Å². The molecule has 2 N–H and O–H groups in total. The van der Waals surface area contributed by atoms with Crippen molar-refractivity contribution >= 4 is 21.7 Å². The molecule has 0 amide bonds. The molecule has 1 aliphatic heterocycles. The van der Waals surface area contributed by atoms with Crippen LogP contribution >= 0.6 is 0 Å². The van der Waals surface area contributed by atoms with Gasteiger partial charge in [0.2, 0.25) is 5.78 Å². The summed E-state index contributed by atoms with van der Waals surface area (Å²) in [5, 5.41) is 19.2. The van der Waals surface area contributed by atoms with E-state index in [1.165, 1.54) is 32.1 Å². The van der Waals surface area contributed by atoms with Gasteiger partial charge in [-0.1, -0.05) is 44.8 Å². The molecule has 0 aromatic heterocycles. The molecule has 1 atom stereocenters. The number of rotatable bonds is 18. The SMILES string of the molecule is CCCCCCC/C=C/CCCCC(=O)C1=[N+](CC(O)CS(=O)(=O)[O-])CCN1CCO.[Na+]. The first-order valence-electron chi connectivity index (χ1n) is 11.6. The number of amidine groups is 1. The van der Waals surface area contributed by atoms with E-state index in [0.29, 0.717) is 31.9 Å². The average Bonchev–Trinajstić information content (AvgIpc) is 3.06. The van der Waals surface area contributed by atoms with Gasteiger partial charge in [0.15, 0.2) is 0 Å². The van der Waals surface area contributed by atoms with Gasteiger partial charge in [0.05, 0.1) is 22.5 Å². The normalized spacial score (nSPS) is 15.4. The summed E-state index contributed by atoms with van der Waals surface area (Å²) in [7, 11) is -4.54. The molecular formula is C22H40N2NaO6S+. The van der Waals surface area contributed by atoms with Crippen molar-refractivity contribution in [2.45, 2.75) is 77.2 Å². The number of allylic oxidation sites excluding steroid dienone is 2. The van der Waals surface area contributed by atoms with Gasteiger partial charge in [-0.05, 0) is 32.1 Å². The van der Waals surface area contributed by atoms with Gasteiger partial charge in [0.25, 0.3) is 0 Å². The fourth-order valence-electron chi connectivity index (χ4n) is 3.83. The zero-order valence-electron chi connectivity index (χ0n) is 19.9. The van der Waals surface area contributed by atoms with Crippen LogP contribution < -0.4 is 29.6 Å². The first-order chi connectivity index (χ1) is 14.8. The predicted molar refractivity (Wildman–Crippen MR) is 120 cm³/mol. The van der Waals surface area contributed by atoms with Crippen molar-refractivity contribution < 1.29 is 62.1 Å². The van der Waals surface area contributed by atoms with E-state index in [2.05, 4.69) is 19.1 Å². The van der Waals surface area contributed by atoms with Gasteiger partial charge in [-0.15, -0.1) is 0 Å². The average molecular weight is 484 g/mol. The Hall–Kier alpha value is -0.290. The number of aliphatic hydroxyl groups is 2. The summed E-state index contributed by atoms with van der Waals surface area (Å²) in [4.78, 5) is 14.5. The number of aliphatic hydroxyl groups excluding tert-OH is 2. The molecule has 1 unspecified atom stereocenters. The van der Waals surface area contributed by atoms with Crippen molar-refractivity contribution in [2.75, 3.05) is 38.5 Å². The minimum Gasteiger partial charge on any atom is -0.748 e. The van der Waals surface area contributed by atoms with Gasteiger partial charge in [0.1, 0.15) is 32.3 Å². The van der Waals surface area contributed by atoms with E-state index in [1.54, 1.807) is 9.48 Å². The molecule has 1 rings (SSSR count). The minimum atomic E-state index is -4.54. The Bertz CT molecular complexity index is 697. The van der Waals surface area contributed by atoms with Crippen molar-refractivity contribution in [3.63, 3.8) is 0 Å². The van der Waals surface area contributed by atoms with E-state index < -0.39 is 22.0 Å². The maximum absolute atomic E-state index is 12.8. The molecule has 0 spiro atoms. The Morgan fingerprint density at radius 1 is 1.16 bits per heavy atom. The van der Waals surface area contributed by atoms with Gasteiger partial charge < -0.3 is 14.8 Å². The van der Waals surface area contributed by atoms with Crippen molar-refractivity contribution in [3.8, 4) is 0 Å². The molecule has 0 saturated carbocycles. The summed E-state index contributed by atoms with van der Waals surface area (Å²) in [6, 6.07) is 0. The van der Waals surface area contributed by atoms with Gasteiger partial charge in [0, 0.05) is 6.42 Å². The number of hydrogen-bond acceptors (Lipinski definition) is 7. The summed E-state index contributed by atoms with van der Waals surface area (Å²) in [6.07, 6.45) is 13.4. The molecule has 32 heavy (non-hydrogen) atoms.